The Hall–Kier alpha value is -3.20. The topological polar surface area (TPSA) is 37.4 Å². The first kappa shape index (κ1) is 17.6. The normalized spacial score (nSPS) is 10.3. The van der Waals surface area contributed by atoms with Crippen LogP contribution in [0.25, 0.3) is 0 Å². The molecule has 0 bridgehead atoms. The summed E-state index contributed by atoms with van der Waals surface area (Å²) in [7, 11) is 0. The van der Waals surface area contributed by atoms with E-state index in [-0.39, 0.29) is 24.7 Å². The maximum Gasteiger partial charge on any atom is 0.182 e. The summed E-state index contributed by atoms with van der Waals surface area (Å²) in [4.78, 5) is 27.2. The molecule has 3 aromatic rings. The maximum atomic E-state index is 12.7. The molecular weight excluding hydrogens is 322 g/mol. The molecule has 0 aromatic heterocycles. The van der Waals surface area contributed by atoms with Crippen LogP contribution >= 0.6 is 0 Å². The van der Waals surface area contributed by atoms with E-state index >= 15 is 0 Å². The van der Waals surface area contributed by atoms with Crippen LogP contribution in [0.5, 0.6) is 0 Å². The fraction of sp³-hybridized carbons (Fsp3) is 0.130. The van der Waals surface area contributed by atoms with Crippen molar-refractivity contribution < 1.29 is 9.59 Å². The quantitative estimate of drug-likeness (QED) is 0.590. The molecule has 0 N–H and O–H groups in total. The number of hydrogen-bond acceptors (Lipinski definition) is 3. The minimum Gasteiger partial charge on any atom is -0.356 e. The number of carbonyl (C=O) groups excluding carboxylic acids is 2. The summed E-state index contributed by atoms with van der Waals surface area (Å²) < 4.78 is 0. The van der Waals surface area contributed by atoms with Gasteiger partial charge in [-0.05, 0) is 19.1 Å². The standard InChI is InChI=1S/C23H21NO2/c1-18-12-14-21(15-13-18)24(16-22(25)19-8-4-2-5-9-19)17-23(26)20-10-6-3-7-11-20/h2-15H,16-17H2,1H3. The molecule has 3 aromatic carbocycles. The van der Waals surface area contributed by atoms with E-state index in [9.17, 15) is 9.59 Å². The minimum atomic E-state index is -0.00737. The number of Topliss-reactive ketones (excluding diaryl/α,β-unsaturated/α-hetero) is 2. The molecule has 0 saturated heterocycles. The van der Waals surface area contributed by atoms with Crippen LogP contribution < -0.4 is 4.90 Å². The Morgan fingerprint density at radius 3 is 1.50 bits per heavy atom. The van der Waals surface area contributed by atoms with Crippen molar-refractivity contribution in [3.63, 3.8) is 0 Å². The highest BCUT2D eigenvalue weighted by Gasteiger charge is 2.17. The van der Waals surface area contributed by atoms with Crippen LogP contribution in [0.15, 0.2) is 84.9 Å². The number of hydrogen-bond donors (Lipinski definition) is 0. The highest BCUT2D eigenvalue weighted by molar-refractivity contribution is 6.02. The van der Waals surface area contributed by atoms with Crippen molar-refractivity contribution in [3.05, 3.63) is 102 Å². The van der Waals surface area contributed by atoms with Crippen LogP contribution in [0.4, 0.5) is 5.69 Å². The van der Waals surface area contributed by atoms with Gasteiger partial charge < -0.3 is 4.90 Å². The summed E-state index contributed by atoms with van der Waals surface area (Å²) in [5, 5.41) is 0. The van der Waals surface area contributed by atoms with Crippen molar-refractivity contribution in [2.24, 2.45) is 0 Å². The van der Waals surface area contributed by atoms with Crippen molar-refractivity contribution >= 4 is 17.3 Å². The van der Waals surface area contributed by atoms with Gasteiger partial charge in [0, 0.05) is 16.8 Å². The SMILES string of the molecule is Cc1ccc(N(CC(=O)c2ccccc2)CC(=O)c2ccccc2)cc1. The van der Waals surface area contributed by atoms with Gasteiger partial charge in [-0.15, -0.1) is 0 Å². The van der Waals surface area contributed by atoms with Crippen molar-refractivity contribution in [3.8, 4) is 0 Å². The Morgan fingerprint density at radius 1 is 0.654 bits per heavy atom. The molecule has 0 saturated carbocycles. The summed E-state index contributed by atoms with van der Waals surface area (Å²) in [6.07, 6.45) is 0. The molecule has 0 fully saturated rings. The summed E-state index contributed by atoms with van der Waals surface area (Å²) in [6, 6.07) is 26.2. The van der Waals surface area contributed by atoms with Crippen LogP contribution in [0.2, 0.25) is 0 Å². The Kier molecular flexibility index (Phi) is 5.59. The third-order valence-electron chi connectivity index (χ3n) is 4.26. The second kappa shape index (κ2) is 8.26. The molecule has 3 rings (SSSR count). The van der Waals surface area contributed by atoms with E-state index in [1.165, 1.54) is 0 Å². The summed E-state index contributed by atoms with van der Waals surface area (Å²) in [5.74, 6) is -0.0147. The highest BCUT2D eigenvalue weighted by atomic mass is 16.1. The lowest BCUT2D eigenvalue weighted by molar-refractivity contribution is 0.0984. The zero-order valence-electron chi connectivity index (χ0n) is 14.8. The first-order chi connectivity index (χ1) is 12.6. The Balaban J connectivity index is 1.83. The third-order valence-corrected chi connectivity index (χ3v) is 4.26. The molecule has 0 unspecified atom stereocenters. The lowest BCUT2D eigenvalue weighted by atomic mass is 10.1. The number of rotatable bonds is 7. The van der Waals surface area contributed by atoms with Crippen molar-refractivity contribution in [1.29, 1.82) is 0 Å². The van der Waals surface area contributed by atoms with Gasteiger partial charge in [-0.2, -0.15) is 0 Å². The molecule has 0 heterocycles. The molecule has 0 aliphatic rings. The summed E-state index contributed by atoms with van der Waals surface area (Å²) in [5.41, 5.74) is 3.30. The fourth-order valence-electron chi connectivity index (χ4n) is 2.77. The average Bonchev–Trinajstić information content (AvgIpc) is 2.69. The number of benzene rings is 3. The smallest absolute Gasteiger partial charge is 0.182 e. The van der Waals surface area contributed by atoms with Gasteiger partial charge in [-0.3, -0.25) is 9.59 Å². The van der Waals surface area contributed by atoms with E-state index in [0.29, 0.717) is 11.1 Å². The Bertz CT molecular complexity index is 818. The molecule has 3 heteroatoms. The van der Waals surface area contributed by atoms with Crippen molar-refractivity contribution in [1.82, 2.24) is 0 Å². The van der Waals surface area contributed by atoms with E-state index in [4.69, 9.17) is 0 Å². The van der Waals surface area contributed by atoms with Gasteiger partial charge in [0.05, 0.1) is 13.1 Å². The molecule has 26 heavy (non-hydrogen) atoms. The first-order valence-electron chi connectivity index (χ1n) is 8.61. The second-order valence-electron chi connectivity index (χ2n) is 6.27. The van der Waals surface area contributed by atoms with E-state index in [1.54, 1.807) is 24.3 Å². The Morgan fingerprint density at radius 2 is 1.08 bits per heavy atom. The van der Waals surface area contributed by atoms with Gasteiger partial charge in [-0.25, -0.2) is 0 Å². The molecule has 0 aliphatic carbocycles. The van der Waals surface area contributed by atoms with E-state index in [0.717, 1.165) is 11.3 Å². The Labute approximate surface area is 153 Å². The van der Waals surface area contributed by atoms with Gasteiger partial charge in [0.1, 0.15) is 0 Å². The van der Waals surface area contributed by atoms with Crippen molar-refractivity contribution in [2.75, 3.05) is 18.0 Å². The zero-order valence-corrected chi connectivity index (χ0v) is 14.8. The van der Waals surface area contributed by atoms with E-state index in [2.05, 4.69) is 0 Å². The van der Waals surface area contributed by atoms with Gasteiger partial charge in [0.2, 0.25) is 0 Å². The average molecular weight is 343 g/mol. The lowest BCUT2D eigenvalue weighted by Crippen LogP contribution is -2.34. The molecule has 0 aliphatic heterocycles. The van der Waals surface area contributed by atoms with Crippen molar-refractivity contribution in [2.45, 2.75) is 6.92 Å². The number of aryl methyl sites for hydroxylation is 1. The first-order valence-corrected chi connectivity index (χ1v) is 8.61. The summed E-state index contributed by atoms with van der Waals surface area (Å²) >= 11 is 0. The fourth-order valence-corrected chi connectivity index (χ4v) is 2.77. The molecule has 0 radical (unpaired) electrons. The monoisotopic (exact) mass is 343 g/mol. The van der Waals surface area contributed by atoms with Crippen LogP contribution in [0, 0.1) is 6.92 Å². The number of nitrogens with zero attached hydrogens (tertiary/aromatic N) is 1. The molecule has 130 valence electrons. The number of anilines is 1. The van der Waals surface area contributed by atoms with Gasteiger partial charge in [-0.1, -0.05) is 78.4 Å². The third kappa shape index (κ3) is 4.45. The summed E-state index contributed by atoms with van der Waals surface area (Å²) in [6.45, 7) is 2.33. The predicted molar refractivity (Wildman–Crippen MR) is 105 cm³/mol. The minimum absolute atomic E-state index is 0.00737. The lowest BCUT2D eigenvalue weighted by Gasteiger charge is -2.23. The molecule has 0 atom stereocenters. The molecular formula is C23H21NO2. The van der Waals surface area contributed by atoms with Crippen LogP contribution in [-0.2, 0) is 0 Å². The predicted octanol–water partition coefficient (Wildman–Crippen LogP) is 4.57. The van der Waals surface area contributed by atoms with Crippen LogP contribution in [0.3, 0.4) is 0 Å². The van der Waals surface area contributed by atoms with Gasteiger partial charge >= 0.3 is 0 Å². The second-order valence-corrected chi connectivity index (χ2v) is 6.27. The molecule has 0 spiro atoms. The zero-order chi connectivity index (χ0) is 18.4. The maximum absolute atomic E-state index is 12.7. The molecule has 3 nitrogen and oxygen atoms in total. The molecule has 0 amide bonds. The number of carbonyl (C=O) groups is 2. The van der Waals surface area contributed by atoms with E-state index < -0.39 is 0 Å². The van der Waals surface area contributed by atoms with Gasteiger partial charge in [0.25, 0.3) is 0 Å². The van der Waals surface area contributed by atoms with Crippen LogP contribution in [0.1, 0.15) is 26.3 Å². The van der Waals surface area contributed by atoms with Gasteiger partial charge in [0.15, 0.2) is 11.6 Å². The highest BCUT2D eigenvalue weighted by Crippen LogP contribution is 2.17. The van der Waals surface area contributed by atoms with E-state index in [1.807, 2.05) is 72.5 Å². The largest absolute Gasteiger partial charge is 0.356 e. The number of ketones is 2. The van der Waals surface area contributed by atoms with Crippen LogP contribution in [-0.4, -0.2) is 24.7 Å².